The summed E-state index contributed by atoms with van der Waals surface area (Å²) >= 11 is 0. The van der Waals surface area contributed by atoms with Gasteiger partial charge < -0.3 is 14.5 Å². The second kappa shape index (κ2) is 6.75. The third-order valence-corrected chi connectivity index (χ3v) is 3.31. The maximum atomic E-state index is 12.0. The van der Waals surface area contributed by atoms with Crippen LogP contribution in [-0.2, 0) is 9.59 Å². The van der Waals surface area contributed by atoms with Crippen molar-refractivity contribution in [2.75, 3.05) is 33.3 Å². The summed E-state index contributed by atoms with van der Waals surface area (Å²) < 4.78 is 5.08. The first-order valence-electron chi connectivity index (χ1n) is 6.53. The molecule has 0 aliphatic carbocycles. The standard InChI is InChI=1S/C15H18N2O3/c1-20-14-5-2-13(3-6-14)4-7-15(19)17-10-8-16(12-18)9-11-17/h2-7,12H,8-11H2,1H3/b7-4+. The van der Waals surface area contributed by atoms with E-state index in [1.165, 1.54) is 0 Å². The van der Waals surface area contributed by atoms with E-state index in [0.29, 0.717) is 26.2 Å². The van der Waals surface area contributed by atoms with Crippen LogP contribution in [0.1, 0.15) is 5.56 Å². The molecule has 106 valence electrons. The maximum Gasteiger partial charge on any atom is 0.246 e. The van der Waals surface area contributed by atoms with Gasteiger partial charge in [0.15, 0.2) is 0 Å². The Balaban J connectivity index is 1.90. The number of ether oxygens (including phenoxy) is 1. The van der Waals surface area contributed by atoms with E-state index in [1.807, 2.05) is 24.3 Å². The molecular formula is C15H18N2O3. The van der Waals surface area contributed by atoms with Gasteiger partial charge in [-0.3, -0.25) is 9.59 Å². The fourth-order valence-electron chi connectivity index (χ4n) is 2.04. The van der Waals surface area contributed by atoms with E-state index >= 15 is 0 Å². The lowest BCUT2D eigenvalue weighted by Crippen LogP contribution is -2.47. The Labute approximate surface area is 118 Å². The van der Waals surface area contributed by atoms with Crippen molar-refractivity contribution in [3.8, 4) is 5.75 Å². The third-order valence-electron chi connectivity index (χ3n) is 3.31. The van der Waals surface area contributed by atoms with Crippen molar-refractivity contribution in [3.05, 3.63) is 35.9 Å². The van der Waals surface area contributed by atoms with Gasteiger partial charge in [-0.2, -0.15) is 0 Å². The summed E-state index contributed by atoms with van der Waals surface area (Å²) in [6.07, 6.45) is 4.18. The Kier molecular flexibility index (Phi) is 4.76. The number of rotatable bonds is 4. The zero-order chi connectivity index (χ0) is 14.4. The molecule has 1 aliphatic rings. The Morgan fingerprint density at radius 3 is 2.35 bits per heavy atom. The Morgan fingerprint density at radius 2 is 1.80 bits per heavy atom. The van der Waals surface area contributed by atoms with Crippen LogP contribution < -0.4 is 4.74 Å². The molecule has 0 N–H and O–H groups in total. The molecule has 0 spiro atoms. The van der Waals surface area contributed by atoms with Crippen molar-refractivity contribution >= 4 is 18.4 Å². The van der Waals surface area contributed by atoms with E-state index in [2.05, 4.69) is 0 Å². The number of benzene rings is 1. The molecule has 2 amide bonds. The third kappa shape index (κ3) is 3.60. The maximum absolute atomic E-state index is 12.0. The van der Waals surface area contributed by atoms with E-state index < -0.39 is 0 Å². The predicted octanol–water partition coefficient (Wildman–Crippen LogP) is 1.01. The van der Waals surface area contributed by atoms with Crippen molar-refractivity contribution in [3.63, 3.8) is 0 Å². The summed E-state index contributed by atoms with van der Waals surface area (Å²) in [5.74, 6) is 0.768. The number of nitrogens with zero attached hydrogens (tertiary/aromatic N) is 2. The molecule has 1 saturated heterocycles. The average molecular weight is 274 g/mol. The number of hydrogen-bond acceptors (Lipinski definition) is 3. The Morgan fingerprint density at radius 1 is 1.15 bits per heavy atom. The fraction of sp³-hybridized carbons (Fsp3) is 0.333. The Bertz CT molecular complexity index is 488. The lowest BCUT2D eigenvalue weighted by Gasteiger charge is -2.31. The van der Waals surface area contributed by atoms with Gasteiger partial charge in [0.1, 0.15) is 5.75 Å². The van der Waals surface area contributed by atoms with Gasteiger partial charge in [0.25, 0.3) is 0 Å². The van der Waals surface area contributed by atoms with Crippen molar-refractivity contribution in [1.82, 2.24) is 9.80 Å². The lowest BCUT2D eigenvalue weighted by atomic mass is 10.2. The quantitative estimate of drug-likeness (QED) is 0.608. The first-order valence-corrected chi connectivity index (χ1v) is 6.53. The zero-order valence-electron chi connectivity index (χ0n) is 11.5. The largest absolute Gasteiger partial charge is 0.497 e. The van der Waals surface area contributed by atoms with Crippen LogP contribution in [-0.4, -0.2) is 55.4 Å². The van der Waals surface area contributed by atoms with E-state index in [1.54, 1.807) is 29.1 Å². The molecule has 0 atom stereocenters. The molecule has 1 aromatic rings. The molecule has 1 aromatic carbocycles. The van der Waals surface area contributed by atoms with Crippen LogP contribution in [0.4, 0.5) is 0 Å². The fourth-order valence-corrected chi connectivity index (χ4v) is 2.04. The second-order valence-corrected chi connectivity index (χ2v) is 4.57. The lowest BCUT2D eigenvalue weighted by molar-refractivity contribution is -0.130. The predicted molar refractivity (Wildman–Crippen MR) is 76.2 cm³/mol. The van der Waals surface area contributed by atoms with Crippen molar-refractivity contribution < 1.29 is 14.3 Å². The molecule has 0 bridgehead atoms. The van der Waals surface area contributed by atoms with Gasteiger partial charge in [-0.05, 0) is 23.8 Å². The second-order valence-electron chi connectivity index (χ2n) is 4.57. The highest BCUT2D eigenvalue weighted by atomic mass is 16.5. The smallest absolute Gasteiger partial charge is 0.246 e. The first-order chi connectivity index (χ1) is 9.72. The summed E-state index contributed by atoms with van der Waals surface area (Å²) in [6, 6.07) is 7.50. The molecule has 1 heterocycles. The van der Waals surface area contributed by atoms with E-state index in [4.69, 9.17) is 4.74 Å². The van der Waals surface area contributed by atoms with Crippen LogP contribution in [0.5, 0.6) is 5.75 Å². The van der Waals surface area contributed by atoms with E-state index in [0.717, 1.165) is 17.7 Å². The minimum absolute atomic E-state index is 0.0219. The summed E-state index contributed by atoms with van der Waals surface area (Å²) in [6.45, 7) is 2.38. The normalized spacial score (nSPS) is 15.4. The molecule has 0 saturated carbocycles. The van der Waals surface area contributed by atoms with Crippen molar-refractivity contribution in [1.29, 1.82) is 0 Å². The van der Waals surface area contributed by atoms with Gasteiger partial charge in [-0.15, -0.1) is 0 Å². The van der Waals surface area contributed by atoms with Crippen LogP contribution >= 0.6 is 0 Å². The molecule has 1 fully saturated rings. The summed E-state index contributed by atoms with van der Waals surface area (Å²) in [5.41, 5.74) is 0.950. The van der Waals surface area contributed by atoms with Crippen molar-refractivity contribution in [2.45, 2.75) is 0 Å². The van der Waals surface area contributed by atoms with Crippen LogP contribution in [0.25, 0.3) is 6.08 Å². The minimum atomic E-state index is -0.0219. The molecule has 20 heavy (non-hydrogen) atoms. The number of methoxy groups -OCH3 is 1. The first kappa shape index (κ1) is 14.1. The molecule has 5 nitrogen and oxygen atoms in total. The summed E-state index contributed by atoms with van der Waals surface area (Å²) in [4.78, 5) is 26.0. The van der Waals surface area contributed by atoms with Gasteiger partial charge in [0.05, 0.1) is 7.11 Å². The van der Waals surface area contributed by atoms with Crippen molar-refractivity contribution in [2.24, 2.45) is 0 Å². The van der Waals surface area contributed by atoms with Crippen LogP contribution in [0.3, 0.4) is 0 Å². The number of carbonyl (C=O) groups excluding carboxylic acids is 2. The van der Waals surface area contributed by atoms with Crippen LogP contribution in [0.2, 0.25) is 0 Å². The highest BCUT2D eigenvalue weighted by Gasteiger charge is 2.17. The topological polar surface area (TPSA) is 49.9 Å². The van der Waals surface area contributed by atoms with Gasteiger partial charge in [-0.1, -0.05) is 12.1 Å². The zero-order valence-corrected chi connectivity index (χ0v) is 11.5. The molecular weight excluding hydrogens is 256 g/mol. The number of carbonyl (C=O) groups is 2. The SMILES string of the molecule is COc1ccc(/C=C/C(=O)N2CCN(C=O)CC2)cc1. The molecule has 0 unspecified atom stereocenters. The minimum Gasteiger partial charge on any atom is -0.497 e. The Hall–Kier alpha value is -2.30. The van der Waals surface area contributed by atoms with Gasteiger partial charge in [-0.25, -0.2) is 0 Å². The average Bonchev–Trinajstić information content (AvgIpc) is 2.53. The molecule has 2 rings (SSSR count). The van der Waals surface area contributed by atoms with Gasteiger partial charge in [0, 0.05) is 32.3 Å². The molecule has 0 radical (unpaired) electrons. The highest BCUT2D eigenvalue weighted by Crippen LogP contribution is 2.12. The van der Waals surface area contributed by atoms with Crippen LogP contribution in [0, 0.1) is 0 Å². The molecule has 5 heteroatoms. The van der Waals surface area contributed by atoms with Gasteiger partial charge >= 0.3 is 0 Å². The van der Waals surface area contributed by atoms with E-state index in [-0.39, 0.29) is 5.91 Å². The molecule has 0 aromatic heterocycles. The summed E-state index contributed by atoms with van der Waals surface area (Å²) in [5, 5.41) is 0. The number of piperazine rings is 1. The van der Waals surface area contributed by atoms with E-state index in [9.17, 15) is 9.59 Å². The number of hydrogen-bond donors (Lipinski definition) is 0. The highest BCUT2D eigenvalue weighted by molar-refractivity contribution is 5.91. The number of amides is 2. The molecule has 1 aliphatic heterocycles. The van der Waals surface area contributed by atoms with Gasteiger partial charge in [0.2, 0.25) is 12.3 Å². The van der Waals surface area contributed by atoms with Crippen LogP contribution in [0.15, 0.2) is 30.3 Å². The summed E-state index contributed by atoms with van der Waals surface area (Å²) in [7, 11) is 1.62. The monoisotopic (exact) mass is 274 g/mol.